The van der Waals surface area contributed by atoms with Crippen molar-refractivity contribution in [1.82, 2.24) is 0 Å². The number of esters is 1. The summed E-state index contributed by atoms with van der Waals surface area (Å²) in [6.45, 7) is 2.19. The van der Waals surface area contributed by atoms with Crippen LogP contribution in [-0.2, 0) is 9.53 Å². The second kappa shape index (κ2) is 15.3. The zero-order valence-electron chi connectivity index (χ0n) is 14.6. The quantitative estimate of drug-likeness (QED) is 0.354. The van der Waals surface area contributed by atoms with Crippen molar-refractivity contribution in [1.29, 1.82) is 0 Å². The van der Waals surface area contributed by atoms with Gasteiger partial charge in [0, 0.05) is 6.42 Å². The number of carbonyl (C=O) groups excluding carboxylic acids is 1. The third-order valence-electron chi connectivity index (χ3n) is 4.16. The van der Waals surface area contributed by atoms with Gasteiger partial charge in [0.1, 0.15) is 0 Å². The molecule has 2 atom stereocenters. The Bertz CT molecular complexity index is 255. The summed E-state index contributed by atoms with van der Waals surface area (Å²) in [7, 11) is 1.42. The van der Waals surface area contributed by atoms with Crippen molar-refractivity contribution in [3.8, 4) is 0 Å². The van der Waals surface area contributed by atoms with E-state index in [4.69, 9.17) is 0 Å². The molecule has 0 bridgehead atoms. The van der Waals surface area contributed by atoms with Crippen LogP contribution < -0.4 is 0 Å². The average Bonchev–Trinajstić information content (AvgIpc) is 2.52. The average molecular weight is 316 g/mol. The van der Waals surface area contributed by atoms with E-state index in [0.717, 1.165) is 44.9 Å². The lowest BCUT2D eigenvalue weighted by Gasteiger charge is -2.17. The van der Waals surface area contributed by atoms with Crippen molar-refractivity contribution in [3.63, 3.8) is 0 Å². The summed E-state index contributed by atoms with van der Waals surface area (Å²) in [6.07, 6.45) is 11.5. The van der Waals surface area contributed by atoms with E-state index < -0.39 is 12.2 Å². The van der Waals surface area contributed by atoms with Gasteiger partial charge >= 0.3 is 5.97 Å². The number of ether oxygens (including phenoxy) is 1. The molecule has 0 aromatic rings. The van der Waals surface area contributed by atoms with Gasteiger partial charge in [-0.25, -0.2) is 0 Å². The molecule has 0 spiro atoms. The Morgan fingerprint density at radius 3 is 1.77 bits per heavy atom. The third-order valence-corrected chi connectivity index (χ3v) is 4.16. The summed E-state index contributed by atoms with van der Waals surface area (Å²) in [4.78, 5) is 10.9. The van der Waals surface area contributed by atoms with Crippen molar-refractivity contribution in [3.05, 3.63) is 0 Å². The number of aliphatic hydroxyl groups is 2. The van der Waals surface area contributed by atoms with Crippen LogP contribution in [0.25, 0.3) is 0 Å². The SMILES string of the molecule is CCCCCCCC(O)C(O)CCCCCCCC(=O)OC. The molecule has 0 saturated heterocycles. The minimum atomic E-state index is -0.582. The third kappa shape index (κ3) is 13.1. The minimum Gasteiger partial charge on any atom is -0.469 e. The highest BCUT2D eigenvalue weighted by Crippen LogP contribution is 2.14. The maximum Gasteiger partial charge on any atom is 0.305 e. The van der Waals surface area contributed by atoms with Crippen molar-refractivity contribution >= 4 is 5.97 Å². The van der Waals surface area contributed by atoms with E-state index in [0.29, 0.717) is 19.3 Å². The second-order valence-electron chi connectivity index (χ2n) is 6.22. The van der Waals surface area contributed by atoms with Crippen molar-refractivity contribution in [2.24, 2.45) is 0 Å². The van der Waals surface area contributed by atoms with Crippen molar-refractivity contribution in [2.45, 2.75) is 103 Å². The summed E-state index contributed by atoms with van der Waals surface area (Å²) in [5, 5.41) is 19.8. The summed E-state index contributed by atoms with van der Waals surface area (Å²) in [5.41, 5.74) is 0. The highest BCUT2D eigenvalue weighted by molar-refractivity contribution is 5.68. The molecule has 4 heteroatoms. The van der Waals surface area contributed by atoms with Crippen LogP contribution in [-0.4, -0.2) is 35.5 Å². The van der Waals surface area contributed by atoms with Crippen LogP contribution in [0.5, 0.6) is 0 Å². The van der Waals surface area contributed by atoms with Gasteiger partial charge in [-0.2, -0.15) is 0 Å². The largest absolute Gasteiger partial charge is 0.469 e. The number of unbranched alkanes of at least 4 members (excludes halogenated alkanes) is 8. The van der Waals surface area contributed by atoms with E-state index in [9.17, 15) is 15.0 Å². The van der Waals surface area contributed by atoms with E-state index in [1.807, 2.05) is 0 Å². The molecular weight excluding hydrogens is 280 g/mol. The van der Waals surface area contributed by atoms with E-state index in [2.05, 4.69) is 11.7 Å². The molecular formula is C18H36O4. The maximum atomic E-state index is 10.9. The zero-order chi connectivity index (χ0) is 16.6. The molecule has 0 rings (SSSR count). The van der Waals surface area contributed by atoms with Crippen LogP contribution in [0.2, 0.25) is 0 Å². The maximum absolute atomic E-state index is 10.9. The van der Waals surface area contributed by atoms with E-state index in [-0.39, 0.29) is 5.97 Å². The van der Waals surface area contributed by atoms with Crippen molar-refractivity contribution < 1.29 is 19.7 Å². The van der Waals surface area contributed by atoms with Crippen LogP contribution in [0, 0.1) is 0 Å². The predicted octanol–water partition coefficient (Wildman–Crippen LogP) is 3.97. The number of methoxy groups -OCH3 is 1. The first-order valence-corrected chi connectivity index (χ1v) is 9.04. The molecule has 0 fully saturated rings. The normalized spacial score (nSPS) is 13.8. The number of rotatable bonds is 15. The zero-order valence-corrected chi connectivity index (χ0v) is 14.6. The Hall–Kier alpha value is -0.610. The lowest BCUT2D eigenvalue weighted by Crippen LogP contribution is -2.25. The van der Waals surface area contributed by atoms with Gasteiger partial charge in [0.05, 0.1) is 19.3 Å². The Labute approximate surface area is 136 Å². The Balaban J connectivity index is 3.40. The standard InChI is InChI=1S/C18H36O4/c1-3-4-5-7-10-13-16(19)17(20)14-11-8-6-9-12-15-18(21)22-2/h16-17,19-20H,3-15H2,1-2H3. The van der Waals surface area contributed by atoms with Crippen LogP contribution in [0.4, 0.5) is 0 Å². The molecule has 0 heterocycles. The number of aliphatic hydroxyl groups excluding tert-OH is 2. The molecule has 0 saturated carbocycles. The topological polar surface area (TPSA) is 66.8 Å². The number of hydrogen-bond acceptors (Lipinski definition) is 4. The fraction of sp³-hybridized carbons (Fsp3) is 0.944. The first-order valence-electron chi connectivity index (χ1n) is 9.04. The summed E-state index contributed by atoms with van der Waals surface area (Å²) in [5.74, 6) is -0.141. The van der Waals surface area contributed by atoms with E-state index in [1.54, 1.807) is 0 Å². The molecule has 132 valence electrons. The van der Waals surface area contributed by atoms with Gasteiger partial charge in [0.15, 0.2) is 0 Å². The smallest absolute Gasteiger partial charge is 0.305 e. The van der Waals surface area contributed by atoms with E-state index in [1.165, 1.54) is 26.4 Å². The molecule has 0 aromatic carbocycles. The number of hydrogen-bond donors (Lipinski definition) is 2. The Morgan fingerprint density at radius 2 is 1.27 bits per heavy atom. The molecule has 0 aliphatic heterocycles. The molecule has 4 nitrogen and oxygen atoms in total. The molecule has 0 aliphatic rings. The highest BCUT2D eigenvalue weighted by atomic mass is 16.5. The fourth-order valence-electron chi connectivity index (χ4n) is 2.60. The Morgan fingerprint density at radius 1 is 0.818 bits per heavy atom. The Kier molecular flexibility index (Phi) is 14.9. The molecule has 0 amide bonds. The molecule has 2 unspecified atom stereocenters. The molecule has 22 heavy (non-hydrogen) atoms. The van der Waals surface area contributed by atoms with Crippen molar-refractivity contribution in [2.75, 3.05) is 7.11 Å². The van der Waals surface area contributed by atoms with Crippen LogP contribution in [0.3, 0.4) is 0 Å². The summed E-state index contributed by atoms with van der Waals surface area (Å²) < 4.78 is 4.59. The number of carbonyl (C=O) groups is 1. The molecule has 0 aliphatic carbocycles. The monoisotopic (exact) mass is 316 g/mol. The fourth-order valence-corrected chi connectivity index (χ4v) is 2.60. The highest BCUT2D eigenvalue weighted by Gasteiger charge is 2.15. The lowest BCUT2D eigenvalue weighted by atomic mass is 10.00. The predicted molar refractivity (Wildman–Crippen MR) is 89.7 cm³/mol. The first kappa shape index (κ1) is 21.4. The van der Waals surface area contributed by atoms with Gasteiger partial charge in [-0.05, 0) is 19.3 Å². The summed E-state index contributed by atoms with van der Waals surface area (Å²) in [6, 6.07) is 0. The molecule has 0 radical (unpaired) electrons. The molecule has 0 aromatic heterocycles. The first-order chi connectivity index (χ1) is 10.6. The van der Waals surface area contributed by atoms with Crippen LogP contribution in [0.15, 0.2) is 0 Å². The van der Waals surface area contributed by atoms with Gasteiger partial charge in [0.2, 0.25) is 0 Å². The molecule has 2 N–H and O–H groups in total. The minimum absolute atomic E-state index is 0.141. The summed E-state index contributed by atoms with van der Waals surface area (Å²) >= 11 is 0. The van der Waals surface area contributed by atoms with Crippen LogP contribution >= 0.6 is 0 Å². The van der Waals surface area contributed by atoms with Crippen LogP contribution in [0.1, 0.15) is 90.4 Å². The van der Waals surface area contributed by atoms with Gasteiger partial charge < -0.3 is 14.9 Å². The van der Waals surface area contributed by atoms with E-state index >= 15 is 0 Å². The second-order valence-corrected chi connectivity index (χ2v) is 6.22. The van der Waals surface area contributed by atoms with Gasteiger partial charge in [0.25, 0.3) is 0 Å². The van der Waals surface area contributed by atoms with Gasteiger partial charge in [-0.15, -0.1) is 0 Å². The van der Waals surface area contributed by atoms with Gasteiger partial charge in [-0.1, -0.05) is 64.7 Å². The van der Waals surface area contributed by atoms with Gasteiger partial charge in [-0.3, -0.25) is 4.79 Å². The lowest BCUT2D eigenvalue weighted by molar-refractivity contribution is -0.140.